The van der Waals surface area contributed by atoms with Crippen molar-refractivity contribution in [3.8, 4) is 0 Å². The SMILES string of the molecule is CCOC(=O)c1c(C)[nH]n2c(=S)[nH]nc12. The van der Waals surface area contributed by atoms with E-state index < -0.39 is 5.97 Å². The number of esters is 1. The van der Waals surface area contributed by atoms with E-state index in [1.165, 1.54) is 4.52 Å². The summed E-state index contributed by atoms with van der Waals surface area (Å²) >= 11 is 4.97. The number of aryl methyl sites for hydroxylation is 1. The molecule has 0 saturated carbocycles. The van der Waals surface area contributed by atoms with Gasteiger partial charge in [-0.25, -0.2) is 14.4 Å². The Morgan fingerprint density at radius 2 is 2.40 bits per heavy atom. The van der Waals surface area contributed by atoms with Crippen LogP contribution in [-0.2, 0) is 4.74 Å². The minimum atomic E-state index is -0.393. The van der Waals surface area contributed by atoms with Gasteiger partial charge in [-0.1, -0.05) is 0 Å². The number of H-pyrrole nitrogens is 2. The number of aromatic nitrogens is 4. The first-order chi connectivity index (χ1) is 7.15. The maximum atomic E-state index is 11.6. The van der Waals surface area contributed by atoms with Crippen LogP contribution in [0.15, 0.2) is 0 Å². The molecule has 2 N–H and O–H groups in total. The monoisotopic (exact) mass is 226 g/mol. The molecule has 0 aromatic carbocycles. The fourth-order valence-corrected chi connectivity index (χ4v) is 1.59. The van der Waals surface area contributed by atoms with Crippen LogP contribution in [0.3, 0.4) is 0 Å². The second-order valence-corrected chi connectivity index (χ2v) is 3.41. The lowest BCUT2D eigenvalue weighted by molar-refractivity contribution is 0.0527. The van der Waals surface area contributed by atoms with Crippen LogP contribution in [0.25, 0.3) is 5.65 Å². The molecule has 0 unspecified atom stereocenters. The van der Waals surface area contributed by atoms with E-state index in [0.717, 1.165) is 0 Å². The molecule has 0 aliphatic carbocycles. The van der Waals surface area contributed by atoms with E-state index in [2.05, 4.69) is 15.3 Å². The zero-order valence-corrected chi connectivity index (χ0v) is 9.14. The van der Waals surface area contributed by atoms with Gasteiger partial charge < -0.3 is 4.74 Å². The summed E-state index contributed by atoms with van der Waals surface area (Å²) in [6.07, 6.45) is 0. The third-order valence-electron chi connectivity index (χ3n) is 2.03. The number of fused-ring (bicyclic) bond motifs is 1. The van der Waals surface area contributed by atoms with E-state index in [1.54, 1.807) is 13.8 Å². The lowest BCUT2D eigenvalue weighted by Gasteiger charge is -1.98. The van der Waals surface area contributed by atoms with Crippen molar-refractivity contribution in [3.05, 3.63) is 16.0 Å². The molecule has 2 heterocycles. The van der Waals surface area contributed by atoms with E-state index in [1.807, 2.05) is 0 Å². The zero-order chi connectivity index (χ0) is 11.0. The molecular weight excluding hydrogens is 216 g/mol. The largest absolute Gasteiger partial charge is 0.462 e. The van der Waals surface area contributed by atoms with Gasteiger partial charge in [0.1, 0.15) is 5.56 Å². The van der Waals surface area contributed by atoms with Crippen molar-refractivity contribution in [3.63, 3.8) is 0 Å². The zero-order valence-electron chi connectivity index (χ0n) is 8.33. The summed E-state index contributed by atoms with van der Waals surface area (Å²) in [6, 6.07) is 0. The molecule has 80 valence electrons. The molecule has 0 aliphatic rings. The number of hydrogen-bond acceptors (Lipinski definition) is 4. The summed E-state index contributed by atoms with van der Waals surface area (Å²) in [5, 5.41) is 9.49. The first-order valence-corrected chi connectivity index (χ1v) is 4.88. The first kappa shape index (κ1) is 9.91. The standard InChI is InChI=1S/C8H10N4O2S/c1-3-14-7(13)5-4(2)11-12-6(5)9-10-8(12)15/h11H,3H2,1-2H3,(H,10,15). The van der Waals surface area contributed by atoms with Crippen molar-refractivity contribution in [2.45, 2.75) is 13.8 Å². The minimum absolute atomic E-state index is 0.334. The molecule has 0 amide bonds. The minimum Gasteiger partial charge on any atom is -0.462 e. The molecule has 2 aromatic rings. The van der Waals surface area contributed by atoms with Gasteiger partial charge in [-0.2, -0.15) is 5.10 Å². The normalized spacial score (nSPS) is 10.8. The summed E-state index contributed by atoms with van der Waals surface area (Å²) < 4.78 is 6.88. The Morgan fingerprint density at radius 1 is 1.67 bits per heavy atom. The van der Waals surface area contributed by atoms with E-state index in [0.29, 0.717) is 28.3 Å². The maximum Gasteiger partial charge on any atom is 0.343 e. The molecule has 0 fully saturated rings. The highest BCUT2D eigenvalue weighted by atomic mass is 32.1. The molecule has 2 rings (SSSR count). The van der Waals surface area contributed by atoms with Crippen LogP contribution in [-0.4, -0.2) is 32.4 Å². The highest BCUT2D eigenvalue weighted by Crippen LogP contribution is 2.14. The van der Waals surface area contributed by atoms with E-state index in [-0.39, 0.29) is 0 Å². The molecule has 6 nitrogen and oxygen atoms in total. The Bertz CT molecular complexity index is 565. The summed E-state index contributed by atoms with van der Waals surface area (Å²) in [6.45, 7) is 3.86. The number of aromatic amines is 2. The third-order valence-corrected chi connectivity index (χ3v) is 2.30. The summed E-state index contributed by atoms with van der Waals surface area (Å²) in [5.41, 5.74) is 1.58. The molecule has 7 heteroatoms. The summed E-state index contributed by atoms with van der Waals surface area (Å²) in [5.74, 6) is -0.393. The van der Waals surface area contributed by atoms with Gasteiger partial charge in [-0.15, -0.1) is 0 Å². The van der Waals surface area contributed by atoms with Crippen LogP contribution in [0.2, 0.25) is 0 Å². The predicted molar refractivity (Wildman–Crippen MR) is 55.4 cm³/mol. The van der Waals surface area contributed by atoms with Gasteiger partial charge in [0.2, 0.25) is 4.77 Å². The third kappa shape index (κ3) is 1.44. The van der Waals surface area contributed by atoms with Crippen molar-refractivity contribution >= 4 is 23.8 Å². The quantitative estimate of drug-likeness (QED) is 0.596. The first-order valence-electron chi connectivity index (χ1n) is 4.48. The Morgan fingerprint density at radius 3 is 3.07 bits per heavy atom. The number of carbonyl (C=O) groups is 1. The molecule has 0 spiro atoms. The Labute approximate surface area is 90.2 Å². The molecule has 0 radical (unpaired) electrons. The number of carbonyl (C=O) groups excluding carboxylic acids is 1. The van der Waals surface area contributed by atoms with Crippen molar-refractivity contribution in [2.75, 3.05) is 6.61 Å². The summed E-state index contributed by atoms with van der Waals surface area (Å²) in [7, 11) is 0. The smallest absolute Gasteiger partial charge is 0.343 e. The predicted octanol–water partition coefficient (Wildman–Crippen LogP) is 1.21. The molecule has 0 atom stereocenters. The second-order valence-electron chi connectivity index (χ2n) is 3.02. The van der Waals surface area contributed by atoms with Crippen molar-refractivity contribution in [1.82, 2.24) is 19.8 Å². The van der Waals surface area contributed by atoms with Gasteiger partial charge >= 0.3 is 5.97 Å². The van der Waals surface area contributed by atoms with Gasteiger partial charge in [0.15, 0.2) is 5.65 Å². The van der Waals surface area contributed by atoms with E-state index in [9.17, 15) is 4.79 Å². The number of nitrogens with zero attached hydrogens (tertiary/aromatic N) is 2. The van der Waals surface area contributed by atoms with Crippen LogP contribution in [0.1, 0.15) is 23.0 Å². The fraction of sp³-hybridized carbons (Fsp3) is 0.375. The topological polar surface area (TPSA) is 75.2 Å². The average Bonchev–Trinajstić information content (AvgIpc) is 2.67. The molecular formula is C8H10N4O2S. The van der Waals surface area contributed by atoms with Crippen molar-refractivity contribution < 1.29 is 9.53 Å². The van der Waals surface area contributed by atoms with Crippen molar-refractivity contribution in [1.29, 1.82) is 0 Å². The van der Waals surface area contributed by atoms with Crippen LogP contribution in [0.4, 0.5) is 0 Å². The van der Waals surface area contributed by atoms with E-state index in [4.69, 9.17) is 17.0 Å². The molecule has 0 aliphatic heterocycles. The number of ether oxygens (including phenoxy) is 1. The van der Waals surface area contributed by atoms with E-state index >= 15 is 0 Å². The van der Waals surface area contributed by atoms with Gasteiger partial charge in [0, 0.05) is 5.69 Å². The molecule has 0 saturated heterocycles. The fourth-order valence-electron chi connectivity index (χ4n) is 1.41. The molecule has 0 bridgehead atoms. The maximum absolute atomic E-state index is 11.6. The Hall–Kier alpha value is -1.63. The van der Waals surface area contributed by atoms with Crippen molar-refractivity contribution in [2.24, 2.45) is 0 Å². The molecule has 15 heavy (non-hydrogen) atoms. The highest BCUT2D eigenvalue weighted by molar-refractivity contribution is 7.71. The van der Waals surface area contributed by atoms with Crippen LogP contribution < -0.4 is 0 Å². The number of rotatable bonds is 2. The Balaban J connectivity index is 2.63. The average molecular weight is 226 g/mol. The highest BCUT2D eigenvalue weighted by Gasteiger charge is 2.19. The van der Waals surface area contributed by atoms with Crippen LogP contribution in [0, 0.1) is 11.7 Å². The van der Waals surface area contributed by atoms with Gasteiger partial charge in [-0.3, -0.25) is 5.10 Å². The Kier molecular flexibility index (Phi) is 2.31. The van der Waals surface area contributed by atoms with Gasteiger partial charge in [-0.05, 0) is 26.1 Å². The number of hydrogen-bond donors (Lipinski definition) is 2. The lowest BCUT2D eigenvalue weighted by Crippen LogP contribution is -2.05. The van der Waals surface area contributed by atoms with Crippen LogP contribution >= 0.6 is 12.2 Å². The van der Waals surface area contributed by atoms with Gasteiger partial charge in [0.25, 0.3) is 0 Å². The lowest BCUT2D eigenvalue weighted by atomic mass is 10.2. The second kappa shape index (κ2) is 3.50. The summed E-state index contributed by atoms with van der Waals surface area (Å²) in [4.78, 5) is 11.6. The number of nitrogens with one attached hydrogen (secondary N) is 2. The van der Waals surface area contributed by atoms with Crippen LogP contribution in [0.5, 0.6) is 0 Å². The van der Waals surface area contributed by atoms with Gasteiger partial charge in [0.05, 0.1) is 6.61 Å². The molecule has 2 aromatic heterocycles.